The van der Waals surface area contributed by atoms with Gasteiger partial charge in [0.2, 0.25) is 0 Å². The Labute approximate surface area is 164 Å². The Bertz CT molecular complexity index is 955. The highest BCUT2D eigenvalue weighted by Gasteiger charge is 2.24. The van der Waals surface area contributed by atoms with E-state index in [0.717, 1.165) is 33.8 Å². The summed E-state index contributed by atoms with van der Waals surface area (Å²) in [6, 6.07) is 26.1. The molecule has 1 aliphatic heterocycles. The summed E-state index contributed by atoms with van der Waals surface area (Å²) in [5.41, 5.74) is 4.77. The van der Waals surface area contributed by atoms with Gasteiger partial charge in [0.05, 0.1) is 11.4 Å². The van der Waals surface area contributed by atoms with Crippen molar-refractivity contribution in [3.63, 3.8) is 0 Å². The Morgan fingerprint density at radius 3 is 2.18 bits per heavy atom. The average molecular weight is 371 g/mol. The molecule has 1 atom stereocenters. The van der Waals surface area contributed by atoms with Crippen molar-refractivity contribution in [3.8, 4) is 5.75 Å². The molecular formula is C24H21NO3. The zero-order valence-electron chi connectivity index (χ0n) is 15.7. The summed E-state index contributed by atoms with van der Waals surface area (Å²) in [6.07, 6.45) is 0.295. The molecule has 0 fully saturated rings. The molecule has 0 amide bonds. The van der Waals surface area contributed by atoms with Crippen LogP contribution in [-0.2, 0) is 16.0 Å². The van der Waals surface area contributed by atoms with Crippen molar-refractivity contribution in [2.24, 2.45) is 4.99 Å². The second-order valence-corrected chi connectivity index (χ2v) is 6.69. The Kier molecular flexibility index (Phi) is 5.20. The van der Waals surface area contributed by atoms with Crippen LogP contribution in [0, 0.1) is 0 Å². The second kappa shape index (κ2) is 8.09. The van der Waals surface area contributed by atoms with E-state index in [4.69, 9.17) is 14.5 Å². The third-order valence-corrected chi connectivity index (χ3v) is 4.62. The van der Waals surface area contributed by atoms with E-state index >= 15 is 0 Å². The molecule has 3 aromatic carbocycles. The molecule has 4 rings (SSSR count). The van der Waals surface area contributed by atoms with Gasteiger partial charge in [-0.25, -0.2) is 4.99 Å². The number of ether oxygens (including phenoxy) is 2. The Hall–Kier alpha value is -3.40. The maximum absolute atomic E-state index is 11.4. The minimum Gasteiger partial charge on any atom is -0.489 e. The van der Waals surface area contributed by atoms with E-state index in [-0.39, 0.29) is 12.1 Å². The summed E-state index contributed by atoms with van der Waals surface area (Å²) in [5, 5.41) is 0. The number of carbonyl (C=O) groups is 1. The molecule has 0 spiro atoms. The van der Waals surface area contributed by atoms with E-state index in [2.05, 4.69) is 24.3 Å². The smallest absolute Gasteiger partial charge is 0.303 e. The predicted octanol–water partition coefficient (Wildman–Crippen LogP) is 4.72. The lowest BCUT2D eigenvalue weighted by atomic mass is 10.00. The van der Waals surface area contributed by atoms with Gasteiger partial charge in [0.15, 0.2) is 0 Å². The zero-order chi connectivity index (χ0) is 19.3. The number of rotatable bonds is 4. The van der Waals surface area contributed by atoms with Gasteiger partial charge in [0.25, 0.3) is 0 Å². The maximum atomic E-state index is 11.4. The van der Waals surface area contributed by atoms with E-state index in [1.165, 1.54) is 6.92 Å². The van der Waals surface area contributed by atoms with Gasteiger partial charge in [-0.3, -0.25) is 4.79 Å². The highest BCUT2D eigenvalue weighted by molar-refractivity contribution is 6.14. The lowest BCUT2D eigenvalue weighted by Gasteiger charge is -2.26. The minimum atomic E-state index is -0.299. The SMILES string of the molecule is CC(=O)OC1COc2cccc(N=C(c3ccccc3)c3ccccc3)c2C1. The quantitative estimate of drug-likeness (QED) is 0.492. The normalized spacial score (nSPS) is 15.1. The van der Waals surface area contributed by atoms with Crippen molar-refractivity contribution in [1.82, 2.24) is 0 Å². The number of fused-ring (bicyclic) bond motifs is 1. The summed E-state index contributed by atoms with van der Waals surface area (Å²) < 4.78 is 11.2. The first kappa shape index (κ1) is 18.0. The first-order valence-electron chi connectivity index (χ1n) is 9.32. The van der Waals surface area contributed by atoms with Crippen LogP contribution >= 0.6 is 0 Å². The van der Waals surface area contributed by atoms with Crippen molar-refractivity contribution >= 4 is 17.4 Å². The molecular weight excluding hydrogens is 350 g/mol. The summed E-state index contributed by atoms with van der Waals surface area (Å²) in [4.78, 5) is 16.4. The molecule has 1 heterocycles. The molecule has 0 aliphatic carbocycles. The van der Waals surface area contributed by atoms with Gasteiger partial charge < -0.3 is 9.47 Å². The van der Waals surface area contributed by atoms with Gasteiger partial charge in [-0.15, -0.1) is 0 Å². The number of esters is 1. The maximum Gasteiger partial charge on any atom is 0.303 e. The van der Waals surface area contributed by atoms with Crippen molar-refractivity contribution < 1.29 is 14.3 Å². The first-order valence-corrected chi connectivity index (χ1v) is 9.32. The fourth-order valence-corrected chi connectivity index (χ4v) is 3.39. The zero-order valence-corrected chi connectivity index (χ0v) is 15.7. The topological polar surface area (TPSA) is 47.9 Å². The highest BCUT2D eigenvalue weighted by atomic mass is 16.6. The predicted molar refractivity (Wildman–Crippen MR) is 109 cm³/mol. The van der Waals surface area contributed by atoms with E-state index in [1.54, 1.807) is 0 Å². The summed E-state index contributed by atoms with van der Waals surface area (Å²) >= 11 is 0. The van der Waals surface area contributed by atoms with E-state index in [9.17, 15) is 4.79 Å². The van der Waals surface area contributed by atoms with Crippen LogP contribution in [0.5, 0.6) is 5.75 Å². The fraction of sp³-hybridized carbons (Fsp3) is 0.167. The number of benzene rings is 3. The number of nitrogens with zero attached hydrogens (tertiary/aromatic N) is 1. The molecule has 0 radical (unpaired) electrons. The Balaban J connectivity index is 1.79. The van der Waals surface area contributed by atoms with Crippen LogP contribution in [0.25, 0.3) is 0 Å². The van der Waals surface area contributed by atoms with Gasteiger partial charge in [0.1, 0.15) is 18.5 Å². The van der Waals surface area contributed by atoms with Crippen molar-refractivity contribution in [2.75, 3.05) is 6.61 Å². The van der Waals surface area contributed by atoms with Crippen LogP contribution < -0.4 is 4.74 Å². The van der Waals surface area contributed by atoms with Gasteiger partial charge in [0, 0.05) is 30.0 Å². The molecule has 28 heavy (non-hydrogen) atoms. The lowest BCUT2D eigenvalue weighted by Crippen LogP contribution is -2.30. The summed E-state index contributed by atoms with van der Waals surface area (Å²) in [5.74, 6) is 0.498. The van der Waals surface area contributed by atoms with Crippen LogP contribution in [0.4, 0.5) is 5.69 Å². The molecule has 0 aromatic heterocycles. The molecule has 4 heteroatoms. The monoisotopic (exact) mass is 371 g/mol. The van der Waals surface area contributed by atoms with Gasteiger partial charge in [-0.05, 0) is 12.1 Å². The lowest BCUT2D eigenvalue weighted by molar-refractivity contribution is -0.148. The molecule has 0 saturated carbocycles. The van der Waals surface area contributed by atoms with Crippen LogP contribution in [0.15, 0.2) is 83.9 Å². The second-order valence-electron chi connectivity index (χ2n) is 6.69. The average Bonchev–Trinajstić information content (AvgIpc) is 2.73. The van der Waals surface area contributed by atoms with Crippen LogP contribution in [0.1, 0.15) is 23.6 Å². The summed E-state index contributed by atoms with van der Waals surface area (Å²) in [7, 11) is 0. The molecule has 1 unspecified atom stereocenters. The largest absolute Gasteiger partial charge is 0.489 e. The van der Waals surface area contributed by atoms with E-state index in [0.29, 0.717) is 13.0 Å². The van der Waals surface area contributed by atoms with Crippen LogP contribution in [0.2, 0.25) is 0 Å². The van der Waals surface area contributed by atoms with Crippen molar-refractivity contribution in [2.45, 2.75) is 19.4 Å². The number of hydrogen-bond acceptors (Lipinski definition) is 4. The first-order chi connectivity index (χ1) is 13.7. The van der Waals surface area contributed by atoms with E-state index in [1.807, 2.05) is 54.6 Å². The number of carbonyl (C=O) groups excluding carboxylic acids is 1. The van der Waals surface area contributed by atoms with Crippen molar-refractivity contribution in [3.05, 3.63) is 95.6 Å². The van der Waals surface area contributed by atoms with E-state index < -0.39 is 0 Å². The molecule has 1 aliphatic rings. The summed E-state index contributed by atoms with van der Waals surface area (Å²) in [6.45, 7) is 1.78. The molecule has 3 aromatic rings. The fourth-order valence-electron chi connectivity index (χ4n) is 3.39. The third-order valence-electron chi connectivity index (χ3n) is 4.62. The molecule has 0 bridgehead atoms. The number of hydrogen-bond donors (Lipinski definition) is 0. The Morgan fingerprint density at radius 1 is 0.929 bits per heavy atom. The number of aliphatic imine (C=N–C) groups is 1. The van der Waals surface area contributed by atoms with Gasteiger partial charge >= 0.3 is 5.97 Å². The van der Waals surface area contributed by atoms with Crippen molar-refractivity contribution in [1.29, 1.82) is 0 Å². The molecule has 140 valence electrons. The molecule has 0 saturated heterocycles. The standard InChI is InChI=1S/C24H21NO3/c1-17(26)28-20-15-21-22(13-8-14-23(21)27-16-20)25-24(18-9-4-2-5-10-18)19-11-6-3-7-12-19/h2-14,20H,15-16H2,1H3. The highest BCUT2D eigenvalue weighted by Crippen LogP contribution is 2.34. The van der Waals surface area contributed by atoms with Crippen LogP contribution in [0.3, 0.4) is 0 Å². The van der Waals surface area contributed by atoms with Gasteiger partial charge in [-0.1, -0.05) is 66.7 Å². The van der Waals surface area contributed by atoms with Crippen LogP contribution in [-0.4, -0.2) is 24.4 Å². The Morgan fingerprint density at radius 2 is 1.57 bits per heavy atom. The molecule has 0 N–H and O–H groups in total. The molecule has 4 nitrogen and oxygen atoms in total. The minimum absolute atomic E-state index is 0.293. The van der Waals surface area contributed by atoms with Gasteiger partial charge in [-0.2, -0.15) is 0 Å². The third kappa shape index (κ3) is 3.96.